The van der Waals surface area contributed by atoms with E-state index in [1.54, 1.807) is 0 Å². The monoisotopic (exact) mass is 173 g/mol. The van der Waals surface area contributed by atoms with E-state index in [4.69, 9.17) is 0 Å². The molecule has 0 aromatic heterocycles. The van der Waals surface area contributed by atoms with Crippen molar-refractivity contribution in [2.24, 2.45) is 5.92 Å². The first-order chi connectivity index (χ1) is 5.61. The number of ether oxygens (including phenoxy) is 1. The van der Waals surface area contributed by atoms with Gasteiger partial charge >= 0.3 is 5.97 Å². The molecule has 0 saturated heterocycles. The molecule has 0 amide bonds. The van der Waals surface area contributed by atoms with Gasteiger partial charge in [-0.2, -0.15) is 0 Å². The van der Waals surface area contributed by atoms with Gasteiger partial charge in [-0.25, -0.2) is 0 Å². The van der Waals surface area contributed by atoms with Crippen molar-refractivity contribution in [3.05, 3.63) is 0 Å². The molecule has 0 fully saturated rings. The minimum absolute atomic E-state index is 0.191. The van der Waals surface area contributed by atoms with Crippen molar-refractivity contribution in [2.45, 2.75) is 33.2 Å². The summed E-state index contributed by atoms with van der Waals surface area (Å²) in [6.07, 6.45) is 1.13. The van der Waals surface area contributed by atoms with E-state index >= 15 is 0 Å². The second-order valence-electron chi connectivity index (χ2n) is 3.17. The van der Waals surface area contributed by atoms with Gasteiger partial charge in [0.15, 0.2) is 0 Å². The van der Waals surface area contributed by atoms with Crippen molar-refractivity contribution in [2.75, 3.05) is 13.7 Å². The predicted molar refractivity (Wildman–Crippen MR) is 48.9 cm³/mol. The summed E-state index contributed by atoms with van der Waals surface area (Å²) in [4.78, 5) is 10.9. The average Bonchev–Trinajstić information content (AvgIpc) is 2.11. The number of methoxy groups -OCH3 is 1. The Hall–Kier alpha value is -0.570. The van der Waals surface area contributed by atoms with Crippen LogP contribution in [0.15, 0.2) is 0 Å². The molecule has 0 rings (SSSR count). The number of carbonyl (C=O) groups excluding carboxylic acids is 1. The Kier molecular flexibility index (Phi) is 5.72. The molecule has 0 aromatic carbocycles. The minimum Gasteiger partial charge on any atom is -0.468 e. The molecular weight excluding hydrogens is 154 g/mol. The van der Waals surface area contributed by atoms with Crippen LogP contribution >= 0.6 is 0 Å². The summed E-state index contributed by atoms with van der Waals surface area (Å²) < 4.78 is 4.58. The first kappa shape index (κ1) is 11.4. The number of esters is 1. The molecule has 0 bridgehead atoms. The fourth-order valence-corrected chi connectivity index (χ4v) is 0.782. The Morgan fingerprint density at radius 2 is 2.08 bits per heavy atom. The molecule has 0 radical (unpaired) electrons. The quantitative estimate of drug-likeness (QED) is 0.634. The lowest BCUT2D eigenvalue weighted by Crippen LogP contribution is -2.37. The lowest BCUT2D eigenvalue weighted by atomic mass is 10.1. The van der Waals surface area contributed by atoms with E-state index in [0.29, 0.717) is 5.92 Å². The summed E-state index contributed by atoms with van der Waals surface area (Å²) in [7, 11) is 1.41. The summed E-state index contributed by atoms with van der Waals surface area (Å²) in [5.41, 5.74) is 0. The van der Waals surface area contributed by atoms with Crippen molar-refractivity contribution in [1.29, 1.82) is 0 Å². The van der Waals surface area contributed by atoms with E-state index in [2.05, 4.69) is 23.9 Å². The zero-order valence-corrected chi connectivity index (χ0v) is 8.39. The maximum absolute atomic E-state index is 10.9. The molecule has 0 aromatic rings. The largest absolute Gasteiger partial charge is 0.468 e. The molecule has 12 heavy (non-hydrogen) atoms. The summed E-state index contributed by atoms with van der Waals surface area (Å²) in [6, 6.07) is -0.191. The molecule has 2 atom stereocenters. The van der Waals surface area contributed by atoms with Gasteiger partial charge in [0, 0.05) is 0 Å². The van der Waals surface area contributed by atoms with Crippen LogP contribution in [-0.4, -0.2) is 25.7 Å². The highest BCUT2D eigenvalue weighted by atomic mass is 16.5. The van der Waals surface area contributed by atoms with Crippen LogP contribution in [0.25, 0.3) is 0 Å². The van der Waals surface area contributed by atoms with Gasteiger partial charge in [-0.05, 0) is 19.4 Å². The third-order valence-corrected chi connectivity index (χ3v) is 2.02. The maximum Gasteiger partial charge on any atom is 0.322 e. The molecule has 0 aliphatic rings. The van der Waals surface area contributed by atoms with Crippen LogP contribution in [0.5, 0.6) is 0 Å². The predicted octanol–water partition coefficient (Wildman–Crippen LogP) is 1.18. The molecular formula is C9H19NO2. The SMILES string of the molecule is CCC(C)CN[C@@H](C)C(=O)OC. The molecule has 72 valence electrons. The first-order valence-electron chi connectivity index (χ1n) is 4.43. The topological polar surface area (TPSA) is 38.3 Å². The van der Waals surface area contributed by atoms with E-state index in [0.717, 1.165) is 13.0 Å². The Morgan fingerprint density at radius 3 is 2.50 bits per heavy atom. The van der Waals surface area contributed by atoms with Gasteiger partial charge in [0.2, 0.25) is 0 Å². The third kappa shape index (κ3) is 4.34. The molecule has 0 aliphatic carbocycles. The highest BCUT2D eigenvalue weighted by molar-refractivity contribution is 5.74. The van der Waals surface area contributed by atoms with Gasteiger partial charge in [0.25, 0.3) is 0 Å². The minimum atomic E-state index is -0.196. The number of rotatable bonds is 5. The molecule has 1 unspecified atom stereocenters. The normalized spacial score (nSPS) is 15.3. The van der Waals surface area contributed by atoms with Crippen LogP contribution in [0.1, 0.15) is 27.2 Å². The van der Waals surface area contributed by atoms with Crippen LogP contribution in [-0.2, 0) is 9.53 Å². The second kappa shape index (κ2) is 6.00. The fourth-order valence-electron chi connectivity index (χ4n) is 0.782. The van der Waals surface area contributed by atoms with E-state index in [9.17, 15) is 4.79 Å². The number of hydrogen-bond donors (Lipinski definition) is 1. The molecule has 0 heterocycles. The van der Waals surface area contributed by atoms with Crippen molar-refractivity contribution in [3.63, 3.8) is 0 Å². The van der Waals surface area contributed by atoms with Crippen molar-refractivity contribution < 1.29 is 9.53 Å². The van der Waals surface area contributed by atoms with Crippen LogP contribution in [0.4, 0.5) is 0 Å². The van der Waals surface area contributed by atoms with Crippen LogP contribution < -0.4 is 5.32 Å². The van der Waals surface area contributed by atoms with Crippen molar-refractivity contribution >= 4 is 5.97 Å². The maximum atomic E-state index is 10.9. The number of hydrogen-bond acceptors (Lipinski definition) is 3. The number of carbonyl (C=O) groups is 1. The summed E-state index contributed by atoms with van der Waals surface area (Å²) in [5.74, 6) is 0.412. The van der Waals surface area contributed by atoms with Gasteiger partial charge in [0.05, 0.1) is 7.11 Å². The number of nitrogens with one attached hydrogen (secondary N) is 1. The Balaban J connectivity index is 3.56. The third-order valence-electron chi connectivity index (χ3n) is 2.02. The van der Waals surface area contributed by atoms with Crippen molar-refractivity contribution in [1.82, 2.24) is 5.32 Å². The standard InChI is InChI=1S/C9H19NO2/c1-5-7(2)6-10-8(3)9(11)12-4/h7-8,10H,5-6H2,1-4H3/t7?,8-/m0/s1. The second-order valence-corrected chi connectivity index (χ2v) is 3.17. The fraction of sp³-hybridized carbons (Fsp3) is 0.889. The lowest BCUT2D eigenvalue weighted by molar-refractivity contribution is -0.142. The van der Waals surface area contributed by atoms with Crippen LogP contribution in [0.2, 0.25) is 0 Å². The molecule has 3 nitrogen and oxygen atoms in total. The van der Waals surface area contributed by atoms with Gasteiger partial charge in [-0.15, -0.1) is 0 Å². The van der Waals surface area contributed by atoms with Gasteiger partial charge in [-0.3, -0.25) is 4.79 Å². The molecule has 1 N–H and O–H groups in total. The van der Waals surface area contributed by atoms with Gasteiger partial charge in [-0.1, -0.05) is 20.3 Å². The smallest absolute Gasteiger partial charge is 0.322 e. The van der Waals surface area contributed by atoms with E-state index in [1.807, 2.05) is 6.92 Å². The van der Waals surface area contributed by atoms with Crippen LogP contribution in [0.3, 0.4) is 0 Å². The zero-order chi connectivity index (χ0) is 9.56. The van der Waals surface area contributed by atoms with Gasteiger partial charge in [0.1, 0.15) is 6.04 Å². The summed E-state index contributed by atoms with van der Waals surface area (Å²) in [6.45, 7) is 6.97. The van der Waals surface area contributed by atoms with Crippen molar-refractivity contribution in [3.8, 4) is 0 Å². The molecule has 0 saturated carbocycles. The zero-order valence-electron chi connectivity index (χ0n) is 8.39. The average molecular weight is 173 g/mol. The summed E-state index contributed by atoms with van der Waals surface area (Å²) in [5, 5.41) is 3.11. The summed E-state index contributed by atoms with van der Waals surface area (Å²) >= 11 is 0. The van der Waals surface area contributed by atoms with Gasteiger partial charge < -0.3 is 10.1 Å². The molecule has 3 heteroatoms. The Bertz CT molecular complexity index is 136. The van der Waals surface area contributed by atoms with E-state index < -0.39 is 0 Å². The molecule has 0 spiro atoms. The Labute approximate surface area is 74.5 Å². The highest BCUT2D eigenvalue weighted by Crippen LogP contribution is 1.98. The first-order valence-corrected chi connectivity index (χ1v) is 4.43. The molecule has 0 aliphatic heterocycles. The van der Waals surface area contributed by atoms with Crippen LogP contribution in [0, 0.1) is 5.92 Å². The highest BCUT2D eigenvalue weighted by Gasteiger charge is 2.12. The van der Waals surface area contributed by atoms with E-state index in [1.165, 1.54) is 7.11 Å². The lowest BCUT2D eigenvalue weighted by Gasteiger charge is -2.14. The van der Waals surface area contributed by atoms with E-state index in [-0.39, 0.29) is 12.0 Å². The Morgan fingerprint density at radius 1 is 1.50 bits per heavy atom.